The van der Waals surface area contributed by atoms with Crippen LogP contribution >= 0.6 is 12.2 Å². The molecule has 0 bridgehead atoms. The molecule has 0 unspecified atom stereocenters. The number of nitrogens with zero attached hydrogens (tertiary/aromatic N) is 1. The third-order valence-electron chi connectivity index (χ3n) is 2.38. The molecule has 17 heavy (non-hydrogen) atoms. The SMILES string of the molecule is CCCN(C)S(=O)(=O)c1ccccc1C(N)=S. The highest BCUT2D eigenvalue weighted by molar-refractivity contribution is 7.89. The molecule has 0 aliphatic heterocycles. The Labute approximate surface area is 107 Å². The zero-order valence-corrected chi connectivity index (χ0v) is 11.5. The average molecular weight is 272 g/mol. The summed E-state index contributed by atoms with van der Waals surface area (Å²) in [7, 11) is -1.96. The summed E-state index contributed by atoms with van der Waals surface area (Å²) in [5, 5.41) is 0. The van der Waals surface area contributed by atoms with Gasteiger partial charge < -0.3 is 5.73 Å². The summed E-state index contributed by atoms with van der Waals surface area (Å²) >= 11 is 4.86. The van der Waals surface area contributed by atoms with Crippen molar-refractivity contribution in [3.8, 4) is 0 Å². The van der Waals surface area contributed by atoms with Gasteiger partial charge >= 0.3 is 0 Å². The number of benzene rings is 1. The number of hydrogen-bond acceptors (Lipinski definition) is 3. The summed E-state index contributed by atoms with van der Waals surface area (Å²) in [4.78, 5) is 0.262. The van der Waals surface area contributed by atoms with E-state index < -0.39 is 10.0 Å². The molecule has 94 valence electrons. The van der Waals surface area contributed by atoms with Crippen LogP contribution in [0.4, 0.5) is 0 Å². The molecular formula is C11H16N2O2S2. The first-order valence-corrected chi connectivity index (χ1v) is 7.11. The molecular weight excluding hydrogens is 256 g/mol. The van der Waals surface area contributed by atoms with Gasteiger partial charge in [-0.1, -0.05) is 37.3 Å². The molecule has 4 nitrogen and oxygen atoms in total. The molecule has 1 aromatic rings. The molecule has 1 rings (SSSR count). The Morgan fingerprint density at radius 1 is 1.41 bits per heavy atom. The third-order valence-corrected chi connectivity index (χ3v) is 4.51. The Kier molecular flexibility index (Phi) is 4.62. The lowest BCUT2D eigenvalue weighted by molar-refractivity contribution is 0.468. The van der Waals surface area contributed by atoms with Crippen LogP contribution in [-0.2, 0) is 10.0 Å². The van der Waals surface area contributed by atoms with Crippen LogP contribution in [0.15, 0.2) is 29.2 Å². The Bertz CT molecular complexity index is 512. The van der Waals surface area contributed by atoms with E-state index >= 15 is 0 Å². The fourth-order valence-electron chi connectivity index (χ4n) is 1.50. The van der Waals surface area contributed by atoms with E-state index in [4.69, 9.17) is 18.0 Å². The molecule has 0 saturated heterocycles. The van der Waals surface area contributed by atoms with E-state index in [9.17, 15) is 8.42 Å². The van der Waals surface area contributed by atoms with Crippen molar-refractivity contribution >= 4 is 27.2 Å². The smallest absolute Gasteiger partial charge is 0.243 e. The summed E-state index contributed by atoms with van der Waals surface area (Å²) in [6.45, 7) is 2.39. The predicted octanol–water partition coefficient (Wildman–Crippen LogP) is 1.35. The summed E-state index contributed by atoms with van der Waals surface area (Å²) in [6, 6.07) is 6.52. The molecule has 6 heteroatoms. The number of thiocarbonyl (C=S) groups is 1. The molecule has 0 fully saturated rings. The van der Waals surface area contributed by atoms with Crippen LogP contribution in [-0.4, -0.2) is 31.3 Å². The maximum Gasteiger partial charge on any atom is 0.243 e. The minimum absolute atomic E-state index is 0.0917. The van der Waals surface area contributed by atoms with Gasteiger partial charge in [-0.3, -0.25) is 0 Å². The molecule has 1 aromatic carbocycles. The van der Waals surface area contributed by atoms with Gasteiger partial charge in [0.2, 0.25) is 10.0 Å². The first-order chi connectivity index (χ1) is 7.91. The van der Waals surface area contributed by atoms with Gasteiger partial charge in [0.05, 0.1) is 4.90 Å². The van der Waals surface area contributed by atoms with Crippen molar-refractivity contribution < 1.29 is 8.42 Å². The van der Waals surface area contributed by atoms with E-state index in [1.807, 2.05) is 6.92 Å². The lowest BCUT2D eigenvalue weighted by Gasteiger charge is -2.18. The topological polar surface area (TPSA) is 63.4 Å². The highest BCUT2D eigenvalue weighted by atomic mass is 32.2. The number of rotatable bonds is 5. The molecule has 0 atom stereocenters. The Balaban J connectivity index is 3.29. The van der Waals surface area contributed by atoms with Gasteiger partial charge in [0.1, 0.15) is 4.99 Å². The van der Waals surface area contributed by atoms with E-state index in [1.54, 1.807) is 25.2 Å². The number of nitrogens with two attached hydrogens (primary N) is 1. The van der Waals surface area contributed by atoms with E-state index in [0.717, 1.165) is 6.42 Å². The molecule has 0 radical (unpaired) electrons. The van der Waals surface area contributed by atoms with Crippen molar-refractivity contribution in [2.75, 3.05) is 13.6 Å². The van der Waals surface area contributed by atoms with Crippen LogP contribution in [0.3, 0.4) is 0 Å². The Hall–Kier alpha value is -0.980. The van der Waals surface area contributed by atoms with E-state index in [2.05, 4.69) is 0 Å². The van der Waals surface area contributed by atoms with Crippen LogP contribution in [0.25, 0.3) is 0 Å². The molecule has 0 spiro atoms. The van der Waals surface area contributed by atoms with E-state index in [0.29, 0.717) is 12.1 Å². The van der Waals surface area contributed by atoms with Gasteiger partial charge in [0.15, 0.2) is 0 Å². The summed E-state index contributed by atoms with van der Waals surface area (Å²) in [6.07, 6.45) is 0.755. The van der Waals surface area contributed by atoms with Gasteiger partial charge in [0, 0.05) is 19.2 Å². The summed E-state index contributed by atoms with van der Waals surface area (Å²) < 4.78 is 25.8. The maximum absolute atomic E-state index is 12.3. The third kappa shape index (κ3) is 3.02. The van der Waals surface area contributed by atoms with Crippen molar-refractivity contribution in [3.05, 3.63) is 29.8 Å². The van der Waals surface area contributed by atoms with E-state index in [-0.39, 0.29) is 9.88 Å². The molecule has 0 saturated carbocycles. The van der Waals surface area contributed by atoms with E-state index in [1.165, 1.54) is 10.4 Å². The monoisotopic (exact) mass is 272 g/mol. The van der Waals surface area contributed by atoms with Gasteiger partial charge in [-0.15, -0.1) is 0 Å². The standard InChI is InChI=1S/C11H16N2O2S2/c1-3-8-13(2)17(14,15)10-7-5-4-6-9(10)11(12)16/h4-7H,3,8H2,1-2H3,(H2,12,16). The average Bonchev–Trinajstić information content (AvgIpc) is 2.29. The quantitative estimate of drug-likeness (QED) is 0.822. The van der Waals surface area contributed by atoms with Gasteiger partial charge in [-0.05, 0) is 12.5 Å². The molecule has 0 heterocycles. The minimum atomic E-state index is -3.51. The van der Waals surface area contributed by atoms with Crippen molar-refractivity contribution in [1.82, 2.24) is 4.31 Å². The Morgan fingerprint density at radius 2 is 2.00 bits per heavy atom. The fraction of sp³-hybridized carbons (Fsp3) is 0.364. The fourth-order valence-corrected chi connectivity index (χ4v) is 3.21. The summed E-state index contributed by atoms with van der Waals surface area (Å²) in [5.41, 5.74) is 5.93. The van der Waals surface area contributed by atoms with Crippen molar-refractivity contribution in [2.24, 2.45) is 5.73 Å². The lowest BCUT2D eigenvalue weighted by Crippen LogP contribution is -2.29. The first-order valence-electron chi connectivity index (χ1n) is 5.26. The highest BCUT2D eigenvalue weighted by Gasteiger charge is 2.23. The zero-order valence-electron chi connectivity index (χ0n) is 9.88. The van der Waals surface area contributed by atoms with Crippen LogP contribution < -0.4 is 5.73 Å². The number of hydrogen-bond donors (Lipinski definition) is 1. The molecule has 0 aliphatic rings. The van der Waals surface area contributed by atoms with Gasteiger partial charge in [-0.25, -0.2) is 12.7 Å². The van der Waals surface area contributed by atoms with Gasteiger partial charge in [-0.2, -0.15) is 0 Å². The van der Waals surface area contributed by atoms with Crippen LogP contribution in [0.1, 0.15) is 18.9 Å². The first kappa shape index (κ1) is 14.1. The largest absolute Gasteiger partial charge is 0.389 e. The Morgan fingerprint density at radius 3 is 2.53 bits per heavy atom. The van der Waals surface area contributed by atoms with Crippen LogP contribution in [0.2, 0.25) is 0 Å². The van der Waals surface area contributed by atoms with Crippen molar-refractivity contribution in [1.29, 1.82) is 0 Å². The minimum Gasteiger partial charge on any atom is -0.389 e. The molecule has 0 aromatic heterocycles. The predicted molar refractivity (Wildman–Crippen MR) is 72.4 cm³/mol. The molecule has 0 amide bonds. The van der Waals surface area contributed by atoms with Crippen LogP contribution in [0, 0.1) is 0 Å². The van der Waals surface area contributed by atoms with Crippen molar-refractivity contribution in [3.63, 3.8) is 0 Å². The second-order valence-electron chi connectivity index (χ2n) is 3.69. The normalized spacial score (nSPS) is 11.7. The molecule has 2 N–H and O–H groups in total. The lowest BCUT2D eigenvalue weighted by atomic mass is 10.2. The summed E-state index contributed by atoms with van der Waals surface area (Å²) in [5.74, 6) is 0. The highest BCUT2D eigenvalue weighted by Crippen LogP contribution is 2.19. The zero-order chi connectivity index (χ0) is 13.1. The van der Waals surface area contributed by atoms with Gasteiger partial charge in [0.25, 0.3) is 0 Å². The van der Waals surface area contributed by atoms with Crippen LogP contribution in [0.5, 0.6) is 0 Å². The second kappa shape index (κ2) is 5.57. The van der Waals surface area contributed by atoms with Crippen molar-refractivity contribution in [2.45, 2.75) is 18.2 Å². The molecule has 0 aliphatic carbocycles. The maximum atomic E-state index is 12.3. The second-order valence-corrected chi connectivity index (χ2v) is 6.14. The number of sulfonamides is 1.